The highest BCUT2D eigenvalue weighted by Crippen LogP contribution is 2.16. The molecule has 0 saturated carbocycles. The number of ketones is 4. The summed E-state index contributed by atoms with van der Waals surface area (Å²) in [7, 11) is 0. The predicted molar refractivity (Wildman–Crippen MR) is 193 cm³/mol. The number of carbonyl (C=O) groups excluding carboxylic acids is 5. The summed E-state index contributed by atoms with van der Waals surface area (Å²) in [6.07, 6.45) is 22.4. The third kappa shape index (κ3) is 35.2. The molecule has 0 aliphatic heterocycles. The molecule has 0 aromatic heterocycles. The van der Waals surface area contributed by atoms with Crippen LogP contribution in [0.1, 0.15) is 174 Å². The molecule has 49 heavy (non-hydrogen) atoms. The topological polar surface area (TPSA) is 153 Å². The molecule has 0 heterocycles. The number of carboxylic acids is 1. The molecule has 0 aromatic rings. The number of Topliss-reactive ketones (excluding diaryl/α,β-unsaturated/α-hetero) is 4. The first-order valence-corrected chi connectivity index (χ1v) is 19.3. The molecule has 0 unspecified atom stereocenters. The third-order valence-electron chi connectivity index (χ3n) is 8.81. The molecule has 0 aliphatic carbocycles. The molecule has 0 saturated heterocycles. The van der Waals surface area contributed by atoms with Crippen molar-refractivity contribution < 1.29 is 43.3 Å². The first-order chi connectivity index (χ1) is 23.6. The van der Waals surface area contributed by atoms with E-state index >= 15 is 0 Å². The lowest BCUT2D eigenvalue weighted by atomic mass is 9.91. The molecule has 0 radical (unpaired) electrons. The number of nitrogens with one attached hydrogen (secondary N) is 1. The zero-order valence-electron chi connectivity index (χ0n) is 31.0. The second kappa shape index (κ2) is 34.0. The molecule has 0 aliphatic rings. The van der Waals surface area contributed by atoms with Crippen LogP contribution in [0.2, 0.25) is 0 Å². The standard InChI is InChI=1S/C39H69NO9/c1-33(41)23-24-35(34(2)42)32-37(44)25-26-38(45)40-27-29-49-31-30-48-28-19-21-36(43)20-17-15-13-11-9-7-5-3-4-6-8-10-12-14-16-18-22-39(46)47/h35H,3-32H2,1-2H3,(H,40,45)(H,46,47)/t35-/m1/s1. The van der Waals surface area contributed by atoms with Gasteiger partial charge >= 0.3 is 5.97 Å². The third-order valence-corrected chi connectivity index (χ3v) is 8.81. The fourth-order valence-electron chi connectivity index (χ4n) is 5.70. The Bertz CT molecular complexity index is 905. The molecule has 1 amide bonds. The number of carbonyl (C=O) groups is 6. The Morgan fingerprint density at radius 1 is 0.510 bits per heavy atom. The van der Waals surface area contributed by atoms with Gasteiger partial charge in [-0.2, -0.15) is 0 Å². The second-order valence-electron chi connectivity index (χ2n) is 13.6. The van der Waals surface area contributed by atoms with Crippen molar-refractivity contribution in [3.63, 3.8) is 0 Å². The molecular weight excluding hydrogens is 626 g/mol. The molecule has 284 valence electrons. The zero-order chi connectivity index (χ0) is 36.4. The number of hydrogen-bond acceptors (Lipinski definition) is 8. The first-order valence-electron chi connectivity index (χ1n) is 19.3. The average molecular weight is 696 g/mol. The van der Waals surface area contributed by atoms with Gasteiger partial charge in [0.05, 0.1) is 19.8 Å². The van der Waals surface area contributed by atoms with Crippen LogP contribution in [-0.2, 0) is 38.2 Å². The molecule has 10 heteroatoms. The number of rotatable bonds is 38. The molecule has 2 N–H and O–H groups in total. The van der Waals surface area contributed by atoms with E-state index in [0.717, 1.165) is 32.1 Å². The van der Waals surface area contributed by atoms with Gasteiger partial charge in [-0.1, -0.05) is 89.9 Å². The van der Waals surface area contributed by atoms with Crippen molar-refractivity contribution in [2.75, 3.05) is 33.0 Å². The molecule has 1 atom stereocenters. The van der Waals surface area contributed by atoms with Crippen molar-refractivity contribution in [3.8, 4) is 0 Å². The van der Waals surface area contributed by atoms with Crippen LogP contribution in [0.15, 0.2) is 0 Å². The van der Waals surface area contributed by atoms with Gasteiger partial charge in [-0.15, -0.1) is 0 Å². The molecule has 0 spiro atoms. The number of ether oxygens (including phenoxy) is 2. The number of aliphatic carboxylic acids is 1. The fourth-order valence-corrected chi connectivity index (χ4v) is 5.70. The Hall–Kier alpha value is -2.46. The Morgan fingerprint density at radius 2 is 0.980 bits per heavy atom. The lowest BCUT2D eigenvalue weighted by molar-refractivity contribution is -0.137. The number of hydrogen-bond donors (Lipinski definition) is 2. The minimum atomic E-state index is -0.684. The summed E-state index contributed by atoms with van der Waals surface area (Å²) >= 11 is 0. The average Bonchev–Trinajstić information content (AvgIpc) is 3.05. The van der Waals surface area contributed by atoms with Crippen molar-refractivity contribution in [1.82, 2.24) is 5.32 Å². The Kier molecular flexibility index (Phi) is 32.3. The van der Waals surface area contributed by atoms with Crippen LogP contribution in [0.25, 0.3) is 0 Å². The van der Waals surface area contributed by atoms with Crippen molar-refractivity contribution in [2.45, 2.75) is 174 Å². The van der Waals surface area contributed by atoms with E-state index in [1.54, 1.807) is 0 Å². The summed E-state index contributed by atoms with van der Waals surface area (Å²) in [5, 5.41) is 11.3. The summed E-state index contributed by atoms with van der Waals surface area (Å²) in [5.74, 6) is -1.35. The Labute approximate surface area is 296 Å². The summed E-state index contributed by atoms with van der Waals surface area (Å²) < 4.78 is 11.0. The molecule has 0 aromatic carbocycles. The second-order valence-corrected chi connectivity index (χ2v) is 13.6. The van der Waals surface area contributed by atoms with Gasteiger partial charge < -0.3 is 24.7 Å². The van der Waals surface area contributed by atoms with Crippen LogP contribution in [0.5, 0.6) is 0 Å². The monoisotopic (exact) mass is 695 g/mol. The molecule has 0 bridgehead atoms. The van der Waals surface area contributed by atoms with E-state index in [4.69, 9.17) is 14.6 Å². The SMILES string of the molecule is CC(=O)CC[C@H](CC(=O)CCC(=O)NCCOCCOCCCC(=O)CCCCCCCCCCCCCCCCCCC(=O)O)C(C)=O. The smallest absolute Gasteiger partial charge is 0.303 e. The van der Waals surface area contributed by atoms with Crippen molar-refractivity contribution >= 4 is 35.0 Å². The molecule has 0 rings (SSSR count). The van der Waals surface area contributed by atoms with Gasteiger partial charge in [0.1, 0.15) is 23.1 Å². The minimum absolute atomic E-state index is 0.0109. The van der Waals surface area contributed by atoms with Crippen LogP contribution in [0.4, 0.5) is 0 Å². The molecular formula is C39H69NO9. The zero-order valence-corrected chi connectivity index (χ0v) is 31.0. The predicted octanol–water partition coefficient (Wildman–Crippen LogP) is 7.91. The maximum atomic E-state index is 12.2. The highest BCUT2D eigenvalue weighted by Gasteiger charge is 2.19. The minimum Gasteiger partial charge on any atom is -0.481 e. The normalized spacial score (nSPS) is 11.7. The van der Waals surface area contributed by atoms with E-state index in [1.807, 2.05) is 0 Å². The number of carboxylic acid groups (broad SMARTS) is 1. The van der Waals surface area contributed by atoms with Gasteiger partial charge in [-0.05, 0) is 39.5 Å². The fraction of sp³-hybridized carbons (Fsp3) is 0.846. The Balaban J connectivity index is 3.43. The van der Waals surface area contributed by atoms with E-state index in [1.165, 1.54) is 84.5 Å². The lowest BCUT2D eigenvalue weighted by Gasteiger charge is -2.12. The van der Waals surface area contributed by atoms with E-state index in [-0.39, 0.29) is 48.9 Å². The molecule has 0 fully saturated rings. The Morgan fingerprint density at radius 3 is 1.47 bits per heavy atom. The largest absolute Gasteiger partial charge is 0.481 e. The molecule has 10 nitrogen and oxygen atoms in total. The lowest BCUT2D eigenvalue weighted by Crippen LogP contribution is -2.28. The van der Waals surface area contributed by atoms with E-state index in [2.05, 4.69) is 5.32 Å². The summed E-state index contributed by atoms with van der Waals surface area (Å²) in [6.45, 7) is 4.90. The van der Waals surface area contributed by atoms with Crippen molar-refractivity contribution in [3.05, 3.63) is 0 Å². The van der Waals surface area contributed by atoms with Crippen LogP contribution < -0.4 is 5.32 Å². The van der Waals surface area contributed by atoms with Gasteiger partial charge in [-0.3, -0.25) is 24.0 Å². The van der Waals surface area contributed by atoms with Crippen LogP contribution in [0, 0.1) is 5.92 Å². The van der Waals surface area contributed by atoms with Gasteiger partial charge in [0, 0.05) is 64.0 Å². The van der Waals surface area contributed by atoms with E-state index in [9.17, 15) is 28.8 Å². The van der Waals surface area contributed by atoms with Gasteiger partial charge in [0.2, 0.25) is 5.91 Å². The van der Waals surface area contributed by atoms with Crippen LogP contribution >= 0.6 is 0 Å². The quantitative estimate of drug-likeness (QED) is 0.0614. The van der Waals surface area contributed by atoms with Crippen molar-refractivity contribution in [1.29, 1.82) is 0 Å². The summed E-state index contributed by atoms with van der Waals surface area (Å²) in [6, 6.07) is 0. The summed E-state index contributed by atoms with van der Waals surface area (Å²) in [4.78, 5) is 69.6. The van der Waals surface area contributed by atoms with Crippen molar-refractivity contribution in [2.24, 2.45) is 5.92 Å². The maximum Gasteiger partial charge on any atom is 0.303 e. The highest BCUT2D eigenvalue weighted by molar-refractivity contribution is 5.89. The number of amides is 1. The first kappa shape index (κ1) is 46.5. The summed E-state index contributed by atoms with van der Waals surface area (Å²) in [5.41, 5.74) is 0. The van der Waals surface area contributed by atoms with E-state index in [0.29, 0.717) is 70.9 Å². The van der Waals surface area contributed by atoms with E-state index < -0.39 is 11.9 Å². The van der Waals surface area contributed by atoms with Gasteiger partial charge in [0.25, 0.3) is 0 Å². The van der Waals surface area contributed by atoms with Gasteiger partial charge in [0.15, 0.2) is 0 Å². The maximum absolute atomic E-state index is 12.2. The number of unbranched alkanes of at least 4 members (excludes halogenated alkanes) is 15. The van der Waals surface area contributed by atoms with Crippen LogP contribution in [0.3, 0.4) is 0 Å². The van der Waals surface area contributed by atoms with Gasteiger partial charge in [-0.25, -0.2) is 0 Å². The highest BCUT2D eigenvalue weighted by atomic mass is 16.5. The van der Waals surface area contributed by atoms with Crippen LogP contribution in [-0.4, -0.2) is 73.1 Å².